The van der Waals surface area contributed by atoms with Crippen LogP contribution in [0.5, 0.6) is 0 Å². The molecule has 4 heteroatoms. The van der Waals surface area contributed by atoms with E-state index in [1.54, 1.807) is 7.11 Å². The molecule has 0 aliphatic rings. The Kier molecular flexibility index (Phi) is 4.87. The summed E-state index contributed by atoms with van der Waals surface area (Å²) in [6.07, 6.45) is 0. The van der Waals surface area contributed by atoms with E-state index in [-0.39, 0.29) is 11.9 Å². The first-order valence-corrected chi connectivity index (χ1v) is 7.94. The maximum absolute atomic E-state index is 12.7. The minimum absolute atomic E-state index is 0.0606. The summed E-state index contributed by atoms with van der Waals surface area (Å²) in [4.78, 5) is 17.4. The first kappa shape index (κ1) is 16.1. The van der Waals surface area contributed by atoms with Crippen LogP contribution in [0, 0.1) is 0 Å². The molecule has 0 saturated carbocycles. The highest BCUT2D eigenvalue weighted by atomic mass is 16.5. The van der Waals surface area contributed by atoms with Gasteiger partial charge in [-0.3, -0.25) is 4.79 Å². The van der Waals surface area contributed by atoms with Gasteiger partial charge in [0, 0.05) is 24.1 Å². The number of aromatic nitrogens is 1. The molecular formula is C20H20N2O2. The highest BCUT2D eigenvalue weighted by Crippen LogP contribution is 2.24. The molecule has 0 radical (unpaired) electrons. The molecule has 3 aromatic rings. The van der Waals surface area contributed by atoms with Crippen LogP contribution in [-0.2, 0) is 4.74 Å². The second kappa shape index (κ2) is 7.23. The number of hydrogen-bond acceptors (Lipinski definition) is 3. The maximum atomic E-state index is 12.7. The van der Waals surface area contributed by atoms with Gasteiger partial charge in [-0.25, -0.2) is 4.98 Å². The first-order chi connectivity index (χ1) is 11.7. The Bertz CT molecular complexity index is 847. The van der Waals surface area contributed by atoms with Crippen LogP contribution in [0.2, 0.25) is 0 Å². The molecule has 0 saturated heterocycles. The van der Waals surface area contributed by atoms with Crippen LogP contribution >= 0.6 is 0 Å². The van der Waals surface area contributed by atoms with Gasteiger partial charge in [0.05, 0.1) is 23.4 Å². The normalized spacial score (nSPS) is 12.1. The van der Waals surface area contributed by atoms with Crippen LogP contribution in [0.3, 0.4) is 0 Å². The minimum Gasteiger partial charge on any atom is -0.383 e. The average Bonchev–Trinajstić information content (AvgIpc) is 2.61. The number of nitrogens with one attached hydrogen (secondary N) is 1. The zero-order valence-electron chi connectivity index (χ0n) is 13.8. The quantitative estimate of drug-likeness (QED) is 0.780. The molecule has 0 bridgehead atoms. The molecule has 1 aromatic heterocycles. The first-order valence-electron chi connectivity index (χ1n) is 7.94. The van der Waals surface area contributed by atoms with Gasteiger partial charge in [-0.1, -0.05) is 48.5 Å². The zero-order chi connectivity index (χ0) is 16.9. The van der Waals surface area contributed by atoms with Crippen molar-refractivity contribution in [2.45, 2.75) is 13.0 Å². The fourth-order valence-corrected chi connectivity index (χ4v) is 2.71. The molecule has 0 spiro atoms. The summed E-state index contributed by atoms with van der Waals surface area (Å²) < 4.78 is 5.09. The zero-order valence-corrected chi connectivity index (χ0v) is 13.8. The number of methoxy groups -OCH3 is 1. The third-order valence-corrected chi connectivity index (χ3v) is 3.82. The van der Waals surface area contributed by atoms with Crippen LogP contribution < -0.4 is 5.32 Å². The van der Waals surface area contributed by atoms with Gasteiger partial charge in [0.25, 0.3) is 5.91 Å². The number of pyridine rings is 1. The molecule has 1 atom stereocenters. The number of fused-ring (bicyclic) bond motifs is 1. The van der Waals surface area contributed by atoms with Gasteiger partial charge in [0.2, 0.25) is 0 Å². The number of carbonyl (C=O) groups excluding carboxylic acids is 1. The van der Waals surface area contributed by atoms with Crippen molar-refractivity contribution in [2.24, 2.45) is 0 Å². The smallest absolute Gasteiger partial charge is 0.252 e. The molecule has 0 aliphatic heterocycles. The molecular weight excluding hydrogens is 300 g/mol. The average molecular weight is 320 g/mol. The number of carbonyl (C=O) groups is 1. The third kappa shape index (κ3) is 3.44. The predicted octanol–water partition coefficient (Wildman–Crippen LogP) is 3.67. The minimum atomic E-state index is -0.115. The second-order valence-electron chi connectivity index (χ2n) is 5.77. The highest BCUT2D eigenvalue weighted by molar-refractivity contribution is 6.07. The molecule has 24 heavy (non-hydrogen) atoms. The number of para-hydroxylation sites is 1. The van der Waals surface area contributed by atoms with E-state index in [0.717, 1.165) is 22.2 Å². The number of hydrogen-bond donors (Lipinski definition) is 1. The summed E-state index contributed by atoms with van der Waals surface area (Å²) in [6, 6.07) is 19.4. The lowest BCUT2D eigenvalue weighted by molar-refractivity contribution is 0.0907. The topological polar surface area (TPSA) is 51.2 Å². The van der Waals surface area contributed by atoms with E-state index in [0.29, 0.717) is 12.2 Å². The van der Waals surface area contributed by atoms with E-state index in [4.69, 9.17) is 9.72 Å². The Balaban J connectivity index is 2.06. The van der Waals surface area contributed by atoms with Crippen molar-refractivity contribution in [3.05, 3.63) is 66.2 Å². The lowest BCUT2D eigenvalue weighted by Crippen LogP contribution is -2.35. The van der Waals surface area contributed by atoms with Gasteiger partial charge in [0.15, 0.2) is 0 Å². The van der Waals surface area contributed by atoms with Crippen molar-refractivity contribution < 1.29 is 9.53 Å². The largest absolute Gasteiger partial charge is 0.383 e. The van der Waals surface area contributed by atoms with Crippen LogP contribution in [0.4, 0.5) is 0 Å². The second-order valence-corrected chi connectivity index (χ2v) is 5.77. The Morgan fingerprint density at radius 3 is 2.58 bits per heavy atom. The van der Waals surface area contributed by atoms with Crippen LogP contribution in [0.25, 0.3) is 22.2 Å². The van der Waals surface area contributed by atoms with Crippen molar-refractivity contribution >= 4 is 16.8 Å². The lowest BCUT2D eigenvalue weighted by Gasteiger charge is -2.15. The van der Waals surface area contributed by atoms with E-state index < -0.39 is 0 Å². The molecule has 122 valence electrons. The molecule has 1 amide bonds. The molecule has 1 N–H and O–H groups in total. The van der Waals surface area contributed by atoms with E-state index in [2.05, 4.69) is 5.32 Å². The number of ether oxygens (including phenoxy) is 1. The predicted molar refractivity (Wildman–Crippen MR) is 96.0 cm³/mol. The number of benzene rings is 2. The third-order valence-electron chi connectivity index (χ3n) is 3.82. The van der Waals surface area contributed by atoms with Crippen molar-refractivity contribution in [2.75, 3.05) is 13.7 Å². The van der Waals surface area contributed by atoms with Gasteiger partial charge in [-0.2, -0.15) is 0 Å². The van der Waals surface area contributed by atoms with Gasteiger partial charge in [-0.05, 0) is 19.1 Å². The molecule has 0 aliphatic carbocycles. The number of amides is 1. The summed E-state index contributed by atoms with van der Waals surface area (Å²) in [5, 5.41) is 3.82. The fourth-order valence-electron chi connectivity index (χ4n) is 2.71. The van der Waals surface area contributed by atoms with E-state index in [9.17, 15) is 4.79 Å². The SMILES string of the molecule is COCC(C)NC(=O)c1cc(-c2ccccc2)nc2ccccc12. The molecule has 0 fully saturated rings. The van der Waals surface area contributed by atoms with E-state index in [1.807, 2.05) is 67.6 Å². The monoisotopic (exact) mass is 320 g/mol. The Morgan fingerprint density at radius 1 is 1.12 bits per heavy atom. The number of nitrogens with zero attached hydrogens (tertiary/aromatic N) is 1. The highest BCUT2D eigenvalue weighted by Gasteiger charge is 2.15. The van der Waals surface area contributed by atoms with Gasteiger partial charge in [0.1, 0.15) is 0 Å². The maximum Gasteiger partial charge on any atom is 0.252 e. The molecule has 1 unspecified atom stereocenters. The van der Waals surface area contributed by atoms with Crippen molar-refractivity contribution in [3.63, 3.8) is 0 Å². The Hall–Kier alpha value is -2.72. The van der Waals surface area contributed by atoms with E-state index >= 15 is 0 Å². The number of rotatable bonds is 5. The van der Waals surface area contributed by atoms with Crippen LogP contribution in [0.15, 0.2) is 60.7 Å². The summed E-state index contributed by atoms with van der Waals surface area (Å²) >= 11 is 0. The molecule has 4 nitrogen and oxygen atoms in total. The summed E-state index contributed by atoms with van der Waals surface area (Å²) in [6.45, 7) is 2.39. The van der Waals surface area contributed by atoms with E-state index in [1.165, 1.54) is 0 Å². The molecule has 2 aromatic carbocycles. The summed E-state index contributed by atoms with van der Waals surface area (Å²) in [7, 11) is 1.62. The lowest BCUT2D eigenvalue weighted by atomic mass is 10.0. The van der Waals surface area contributed by atoms with Gasteiger partial charge in [-0.15, -0.1) is 0 Å². The Morgan fingerprint density at radius 2 is 1.83 bits per heavy atom. The van der Waals surface area contributed by atoms with Crippen LogP contribution in [-0.4, -0.2) is 30.6 Å². The van der Waals surface area contributed by atoms with Crippen molar-refractivity contribution in [1.29, 1.82) is 0 Å². The van der Waals surface area contributed by atoms with Crippen molar-refractivity contribution in [1.82, 2.24) is 10.3 Å². The standard InChI is InChI=1S/C20H20N2O2/c1-14(13-24-2)21-20(23)17-12-19(15-8-4-3-5-9-15)22-18-11-7-6-10-16(17)18/h3-12,14H,13H2,1-2H3,(H,21,23). The van der Waals surface area contributed by atoms with Crippen molar-refractivity contribution in [3.8, 4) is 11.3 Å². The fraction of sp³-hybridized carbons (Fsp3) is 0.200. The van der Waals surface area contributed by atoms with Gasteiger partial charge < -0.3 is 10.1 Å². The Labute approximate surface area is 141 Å². The summed E-state index contributed by atoms with van der Waals surface area (Å²) in [5.41, 5.74) is 3.21. The molecule has 1 heterocycles. The van der Waals surface area contributed by atoms with Gasteiger partial charge >= 0.3 is 0 Å². The molecule has 3 rings (SSSR count). The van der Waals surface area contributed by atoms with Crippen LogP contribution in [0.1, 0.15) is 17.3 Å². The summed E-state index contributed by atoms with van der Waals surface area (Å²) in [5.74, 6) is -0.115.